The lowest BCUT2D eigenvalue weighted by Gasteiger charge is -2.21. The molecule has 0 radical (unpaired) electrons. The number of carbonyl (C=O) groups excluding carboxylic acids is 1. The molecule has 1 aromatic carbocycles. The molecule has 0 bridgehead atoms. The Morgan fingerprint density at radius 1 is 1.40 bits per heavy atom. The monoisotopic (exact) mass is 280 g/mol. The van der Waals surface area contributed by atoms with Crippen molar-refractivity contribution in [2.45, 2.75) is 39.3 Å². The van der Waals surface area contributed by atoms with Crippen molar-refractivity contribution in [3.8, 4) is 5.75 Å². The molecule has 1 amide bonds. The van der Waals surface area contributed by atoms with Gasteiger partial charge in [-0.15, -0.1) is 0 Å². The summed E-state index contributed by atoms with van der Waals surface area (Å²) in [5.74, 6) is 0.776. The van der Waals surface area contributed by atoms with Gasteiger partial charge in [0.15, 0.2) is 0 Å². The average Bonchev–Trinajstić information content (AvgIpc) is 2.34. The molecule has 0 aromatic heterocycles. The molecule has 0 spiro atoms. The van der Waals surface area contributed by atoms with E-state index in [1.807, 2.05) is 52.0 Å². The number of nitrogens with one attached hydrogen (secondary N) is 1. The standard InChI is InChI=1S/C15H24N2O3/c1-5-19-12-8-6-7-11(9-12)13(16)10-17-14(18)20-15(2,3)4/h6-9,13H,5,10,16H2,1-4H3,(H,17,18). The van der Waals surface area contributed by atoms with Crippen LogP contribution in [0.3, 0.4) is 0 Å². The second kappa shape index (κ2) is 7.14. The van der Waals surface area contributed by atoms with E-state index in [2.05, 4.69) is 5.32 Å². The van der Waals surface area contributed by atoms with Crippen molar-refractivity contribution in [1.29, 1.82) is 0 Å². The smallest absolute Gasteiger partial charge is 0.407 e. The fourth-order valence-electron chi connectivity index (χ4n) is 1.63. The maximum Gasteiger partial charge on any atom is 0.407 e. The Bertz CT molecular complexity index is 441. The number of amides is 1. The lowest BCUT2D eigenvalue weighted by Crippen LogP contribution is -2.36. The Hall–Kier alpha value is -1.75. The van der Waals surface area contributed by atoms with Crippen LogP contribution in [-0.2, 0) is 4.74 Å². The topological polar surface area (TPSA) is 73.6 Å². The molecule has 0 aliphatic heterocycles. The highest BCUT2D eigenvalue weighted by molar-refractivity contribution is 5.67. The molecule has 0 heterocycles. The van der Waals surface area contributed by atoms with E-state index in [-0.39, 0.29) is 6.04 Å². The Morgan fingerprint density at radius 2 is 2.10 bits per heavy atom. The summed E-state index contributed by atoms with van der Waals surface area (Å²) in [5, 5.41) is 2.66. The number of nitrogens with two attached hydrogens (primary N) is 1. The summed E-state index contributed by atoms with van der Waals surface area (Å²) in [7, 11) is 0. The van der Waals surface area contributed by atoms with Gasteiger partial charge in [0.1, 0.15) is 11.4 Å². The molecule has 0 saturated carbocycles. The maximum absolute atomic E-state index is 11.6. The van der Waals surface area contributed by atoms with E-state index in [1.165, 1.54) is 0 Å². The first kappa shape index (κ1) is 16.3. The Kier molecular flexibility index (Phi) is 5.82. The highest BCUT2D eigenvalue weighted by atomic mass is 16.6. The van der Waals surface area contributed by atoms with E-state index in [1.54, 1.807) is 0 Å². The summed E-state index contributed by atoms with van der Waals surface area (Å²) in [6.07, 6.45) is -0.464. The number of carbonyl (C=O) groups is 1. The van der Waals surface area contributed by atoms with Gasteiger partial charge >= 0.3 is 6.09 Å². The number of ether oxygens (including phenoxy) is 2. The van der Waals surface area contributed by atoms with Gasteiger partial charge in [-0.2, -0.15) is 0 Å². The predicted molar refractivity (Wildman–Crippen MR) is 78.8 cm³/mol. The van der Waals surface area contributed by atoms with Crippen LogP contribution in [-0.4, -0.2) is 24.8 Å². The van der Waals surface area contributed by atoms with Crippen LogP contribution in [0.15, 0.2) is 24.3 Å². The Morgan fingerprint density at radius 3 is 2.70 bits per heavy atom. The molecular weight excluding hydrogens is 256 g/mol. The van der Waals surface area contributed by atoms with Crippen LogP contribution in [0, 0.1) is 0 Å². The minimum atomic E-state index is -0.511. The first-order valence-electron chi connectivity index (χ1n) is 6.77. The van der Waals surface area contributed by atoms with E-state index in [0.29, 0.717) is 13.2 Å². The second-order valence-corrected chi connectivity index (χ2v) is 5.49. The van der Waals surface area contributed by atoms with Gasteiger partial charge in [0.25, 0.3) is 0 Å². The maximum atomic E-state index is 11.6. The molecule has 0 aliphatic carbocycles. The lowest BCUT2D eigenvalue weighted by atomic mass is 10.1. The second-order valence-electron chi connectivity index (χ2n) is 5.49. The zero-order valence-corrected chi connectivity index (χ0v) is 12.6. The van der Waals surface area contributed by atoms with Gasteiger partial charge in [0.2, 0.25) is 0 Å². The average molecular weight is 280 g/mol. The molecule has 1 atom stereocenters. The molecule has 0 aliphatic rings. The van der Waals surface area contributed by atoms with Crippen molar-refractivity contribution in [2.24, 2.45) is 5.73 Å². The van der Waals surface area contributed by atoms with Crippen molar-refractivity contribution in [1.82, 2.24) is 5.32 Å². The number of alkyl carbamates (subject to hydrolysis) is 1. The highest BCUT2D eigenvalue weighted by Crippen LogP contribution is 2.17. The fraction of sp³-hybridized carbons (Fsp3) is 0.533. The summed E-state index contributed by atoms with van der Waals surface area (Å²) in [5.41, 5.74) is 6.44. The van der Waals surface area contributed by atoms with Crippen molar-refractivity contribution in [3.63, 3.8) is 0 Å². The normalized spacial score (nSPS) is 12.7. The third-order valence-electron chi connectivity index (χ3n) is 2.46. The van der Waals surface area contributed by atoms with Crippen LogP contribution < -0.4 is 15.8 Å². The summed E-state index contributed by atoms with van der Waals surface area (Å²) < 4.78 is 10.6. The molecule has 5 heteroatoms. The van der Waals surface area contributed by atoms with E-state index >= 15 is 0 Å². The first-order chi connectivity index (χ1) is 9.31. The largest absolute Gasteiger partial charge is 0.494 e. The summed E-state index contributed by atoms with van der Waals surface area (Å²) >= 11 is 0. The van der Waals surface area contributed by atoms with Crippen molar-refractivity contribution in [2.75, 3.05) is 13.2 Å². The van der Waals surface area contributed by atoms with Gasteiger partial charge in [0.05, 0.1) is 6.61 Å². The summed E-state index contributed by atoms with van der Waals surface area (Å²) in [6.45, 7) is 8.30. The van der Waals surface area contributed by atoms with E-state index in [0.717, 1.165) is 11.3 Å². The molecule has 1 rings (SSSR count). The molecule has 20 heavy (non-hydrogen) atoms. The van der Waals surface area contributed by atoms with E-state index < -0.39 is 11.7 Å². The zero-order chi connectivity index (χ0) is 15.2. The van der Waals surface area contributed by atoms with Gasteiger partial charge in [-0.25, -0.2) is 4.79 Å². The molecule has 1 unspecified atom stereocenters. The van der Waals surface area contributed by atoms with Crippen molar-refractivity contribution in [3.05, 3.63) is 29.8 Å². The highest BCUT2D eigenvalue weighted by Gasteiger charge is 2.17. The number of hydrogen-bond acceptors (Lipinski definition) is 4. The summed E-state index contributed by atoms with van der Waals surface area (Å²) in [4.78, 5) is 11.6. The predicted octanol–water partition coefficient (Wildman–Crippen LogP) is 2.61. The molecule has 0 saturated heterocycles. The third-order valence-corrected chi connectivity index (χ3v) is 2.46. The fourth-order valence-corrected chi connectivity index (χ4v) is 1.63. The molecule has 3 N–H and O–H groups in total. The first-order valence-corrected chi connectivity index (χ1v) is 6.77. The van der Waals surface area contributed by atoms with Gasteiger partial charge in [0, 0.05) is 12.6 Å². The quantitative estimate of drug-likeness (QED) is 0.869. The molecule has 112 valence electrons. The molecule has 5 nitrogen and oxygen atoms in total. The van der Waals surface area contributed by atoms with Crippen LogP contribution in [0.25, 0.3) is 0 Å². The molecule has 0 fully saturated rings. The van der Waals surface area contributed by atoms with Crippen molar-refractivity contribution < 1.29 is 14.3 Å². The van der Waals surface area contributed by atoms with Crippen molar-refractivity contribution >= 4 is 6.09 Å². The van der Waals surface area contributed by atoms with Crippen LogP contribution in [0.4, 0.5) is 4.79 Å². The van der Waals surface area contributed by atoms with Crippen LogP contribution in [0.5, 0.6) is 5.75 Å². The number of hydrogen-bond donors (Lipinski definition) is 2. The molecule has 1 aromatic rings. The lowest BCUT2D eigenvalue weighted by molar-refractivity contribution is 0.0524. The Labute approximate surface area is 120 Å². The SMILES string of the molecule is CCOc1cccc(C(N)CNC(=O)OC(C)(C)C)c1. The summed E-state index contributed by atoms with van der Waals surface area (Å²) in [6, 6.07) is 7.24. The number of rotatable bonds is 5. The minimum absolute atomic E-state index is 0.303. The van der Waals surface area contributed by atoms with Crippen LogP contribution in [0.2, 0.25) is 0 Å². The number of benzene rings is 1. The minimum Gasteiger partial charge on any atom is -0.494 e. The van der Waals surface area contributed by atoms with Gasteiger partial charge in [-0.3, -0.25) is 0 Å². The zero-order valence-electron chi connectivity index (χ0n) is 12.6. The van der Waals surface area contributed by atoms with E-state index in [9.17, 15) is 4.79 Å². The Balaban J connectivity index is 2.52. The third kappa shape index (κ3) is 5.93. The van der Waals surface area contributed by atoms with Crippen LogP contribution in [0.1, 0.15) is 39.3 Å². The molecular formula is C15H24N2O3. The van der Waals surface area contributed by atoms with Gasteiger partial charge in [-0.05, 0) is 45.4 Å². The van der Waals surface area contributed by atoms with Gasteiger partial charge in [-0.1, -0.05) is 12.1 Å². The van der Waals surface area contributed by atoms with E-state index in [4.69, 9.17) is 15.2 Å². The van der Waals surface area contributed by atoms with Crippen LogP contribution >= 0.6 is 0 Å². The van der Waals surface area contributed by atoms with Gasteiger partial charge < -0.3 is 20.5 Å².